The van der Waals surface area contributed by atoms with Gasteiger partial charge in [0.2, 0.25) is 10.0 Å². The number of benzene rings is 4. The normalized spacial score (nSPS) is 19.2. The highest BCUT2D eigenvalue weighted by Gasteiger charge is 2.41. The maximum absolute atomic E-state index is 13.5. The van der Waals surface area contributed by atoms with Crippen molar-refractivity contribution < 1.29 is 13.2 Å². The molecule has 0 saturated carbocycles. The molecule has 9 heteroatoms. The van der Waals surface area contributed by atoms with Crippen LogP contribution < -0.4 is 10.0 Å². The summed E-state index contributed by atoms with van der Waals surface area (Å²) in [5.74, 6) is -0.226. The largest absolute Gasteiger partial charge is 0.346 e. The van der Waals surface area contributed by atoms with E-state index in [1.807, 2.05) is 41.3 Å². The molecule has 1 amide bonds. The smallest absolute Gasteiger partial charge is 0.257 e. The summed E-state index contributed by atoms with van der Waals surface area (Å²) < 4.78 is 29.9. The van der Waals surface area contributed by atoms with Crippen molar-refractivity contribution in [3.05, 3.63) is 114 Å². The Kier molecular flexibility index (Phi) is 6.90. The molecule has 1 aliphatic heterocycles. The van der Waals surface area contributed by atoms with E-state index in [0.29, 0.717) is 36.9 Å². The van der Waals surface area contributed by atoms with E-state index in [-0.39, 0.29) is 16.8 Å². The third-order valence-electron chi connectivity index (χ3n) is 7.53. The molecule has 4 aromatic rings. The standard InChI is InChI=1S/C30H28N4O3S2/c35-29(22-9-3-1-4-10-22)31-30(38)34-19-17-33(18-20-34)28-25-16-8-12-21-11-7-15-24(26(21)25)27(28)32-39(36,37)23-13-5-2-6-14-23/h1-16,27-28,32H,17-20H2,(H,31,35,38). The SMILES string of the molecule is O=C(NC(=S)N1CCN(C2c3cccc4cccc(c34)C2NS(=O)(=O)c2ccccc2)CC1)c1ccccc1. The molecular weight excluding hydrogens is 528 g/mol. The first-order valence-electron chi connectivity index (χ1n) is 12.9. The first kappa shape index (κ1) is 25.6. The van der Waals surface area contributed by atoms with Gasteiger partial charge in [-0.2, -0.15) is 0 Å². The summed E-state index contributed by atoms with van der Waals surface area (Å²) in [4.78, 5) is 17.2. The van der Waals surface area contributed by atoms with Gasteiger partial charge in [-0.25, -0.2) is 13.1 Å². The van der Waals surface area contributed by atoms with Gasteiger partial charge in [0, 0.05) is 31.7 Å². The number of hydrogen-bond acceptors (Lipinski definition) is 5. The molecule has 1 fully saturated rings. The average Bonchev–Trinajstić information content (AvgIpc) is 3.28. The fourth-order valence-electron chi connectivity index (χ4n) is 5.67. The summed E-state index contributed by atoms with van der Waals surface area (Å²) in [6.45, 7) is 2.57. The molecule has 2 N–H and O–H groups in total. The van der Waals surface area contributed by atoms with E-state index >= 15 is 0 Å². The van der Waals surface area contributed by atoms with Crippen LogP contribution in [0.4, 0.5) is 0 Å². The van der Waals surface area contributed by atoms with E-state index in [4.69, 9.17) is 12.2 Å². The molecular formula is C30H28N4O3S2. The van der Waals surface area contributed by atoms with Gasteiger partial charge in [-0.15, -0.1) is 0 Å². The molecule has 39 heavy (non-hydrogen) atoms. The van der Waals surface area contributed by atoms with Crippen LogP contribution in [0.25, 0.3) is 10.8 Å². The monoisotopic (exact) mass is 556 g/mol. The second-order valence-corrected chi connectivity index (χ2v) is 11.9. The quantitative estimate of drug-likeness (QED) is 0.358. The number of amides is 1. The van der Waals surface area contributed by atoms with Crippen molar-refractivity contribution in [1.29, 1.82) is 0 Å². The van der Waals surface area contributed by atoms with Gasteiger partial charge < -0.3 is 4.90 Å². The van der Waals surface area contributed by atoms with Crippen molar-refractivity contribution in [2.75, 3.05) is 26.2 Å². The molecule has 2 unspecified atom stereocenters. The molecule has 7 nitrogen and oxygen atoms in total. The predicted octanol–water partition coefficient (Wildman–Crippen LogP) is 4.25. The van der Waals surface area contributed by atoms with Crippen molar-refractivity contribution in [2.45, 2.75) is 17.0 Å². The number of hydrogen-bond donors (Lipinski definition) is 2. The molecule has 1 saturated heterocycles. The van der Waals surface area contributed by atoms with Gasteiger partial charge >= 0.3 is 0 Å². The second-order valence-electron chi connectivity index (χ2n) is 9.80. The Bertz CT molecular complexity index is 1630. The van der Waals surface area contributed by atoms with Gasteiger partial charge in [0.15, 0.2) is 5.11 Å². The van der Waals surface area contributed by atoms with E-state index < -0.39 is 16.1 Å². The molecule has 198 valence electrons. The number of carbonyl (C=O) groups is 1. The molecule has 2 atom stereocenters. The van der Waals surface area contributed by atoms with Crippen molar-refractivity contribution in [2.24, 2.45) is 0 Å². The molecule has 1 aliphatic carbocycles. The van der Waals surface area contributed by atoms with E-state index in [1.165, 1.54) is 0 Å². The molecule has 4 aromatic carbocycles. The lowest BCUT2D eigenvalue weighted by atomic mass is 10.0. The first-order chi connectivity index (χ1) is 18.9. The number of nitrogens with one attached hydrogen (secondary N) is 2. The van der Waals surface area contributed by atoms with Crippen LogP contribution >= 0.6 is 12.2 Å². The second kappa shape index (κ2) is 10.5. The molecule has 1 heterocycles. The van der Waals surface area contributed by atoms with E-state index in [2.05, 4.69) is 33.1 Å². The summed E-state index contributed by atoms with van der Waals surface area (Å²) in [6, 6.07) is 29.2. The Hall–Kier alpha value is -3.63. The third kappa shape index (κ3) is 4.94. The van der Waals surface area contributed by atoms with Crippen LogP contribution in [0.1, 0.15) is 33.6 Å². The highest BCUT2D eigenvalue weighted by Crippen LogP contribution is 2.47. The van der Waals surface area contributed by atoms with Gasteiger partial charge in [0.1, 0.15) is 0 Å². The van der Waals surface area contributed by atoms with E-state index in [1.54, 1.807) is 42.5 Å². The molecule has 6 rings (SSSR count). The van der Waals surface area contributed by atoms with Crippen LogP contribution in [0, 0.1) is 0 Å². The Labute approximate surface area is 233 Å². The minimum atomic E-state index is -3.75. The Balaban J connectivity index is 1.23. The van der Waals surface area contributed by atoms with E-state index in [0.717, 1.165) is 21.9 Å². The fraction of sp³-hybridized carbons (Fsp3) is 0.200. The minimum Gasteiger partial charge on any atom is -0.346 e. The minimum absolute atomic E-state index is 0.167. The zero-order valence-corrected chi connectivity index (χ0v) is 22.8. The van der Waals surface area contributed by atoms with Gasteiger partial charge in [-0.1, -0.05) is 72.8 Å². The average molecular weight is 557 g/mol. The summed E-state index contributed by atoms with van der Waals surface area (Å²) in [5.41, 5.74) is 2.67. The van der Waals surface area contributed by atoms with Crippen molar-refractivity contribution in [1.82, 2.24) is 19.8 Å². The topological polar surface area (TPSA) is 81.8 Å². The van der Waals surface area contributed by atoms with Crippen LogP contribution in [-0.4, -0.2) is 55.4 Å². The first-order valence-corrected chi connectivity index (χ1v) is 14.8. The number of rotatable bonds is 5. The maximum Gasteiger partial charge on any atom is 0.257 e. The summed E-state index contributed by atoms with van der Waals surface area (Å²) in [7, 11) is -3.75. The van der Waals surface area contributed by atoms with Gasteiger partial charge in [0.25, 0.3) is 5.91 Å². The molecule has 0 aromatic heterocycles. The van der Waals surface area contributed by atoms with Crippen LogP contribution in [0.2, 0.25) is 0 Å². The lowest BCUT2D eigenvalue weighted by Crippen LogP contribution is -2.54. The highest BCUT2D eigenvalue weighted by atomic mass is 32.2. The molecule has 0 radical (unpaired) electrons. The lowest BCUT2D eigenvalue weighted by Gasteiger charge is -2.41. The highest BCUT2D eigenvalue weighted by molar-refractivity contribution is 7.89. The number of thiocarbonyl (C=S) groups is 1. The molecule has 0 bridgehead atoms. The number of nitrogens with zero attached hydrogens (tertiary/aromatic N) is 2. The summed E-state index contributed by atoms with van der Waals surface area (Å²) in [6.07, 6.45) is 0. The lowest BCUT2D eigenvalue weighted by molar-refractivity contribution is 0.0958. The van der Waals surface area contributed by atoms with Gasteiger partial charge in [0.05, 0.1) is 17.0 Å². The Morgan fingerprint density at radius 2 is 1.38 bits per heavy atom. The van der Waals surface area contributed by atoms with E-state index in [9.17, 15) is 13.2 Å². The van der Waals surface area contributed by atoms with Gasteiger partial charge in [-0.3, -0.25) is 15.0 Å². The van der Waals surface area contributed by atoms with Crippen LogP contribution in [0.15, 0.2) is 102 Å². The molecule has 2 aliphatic rings. The number of sulfonamides is 1. The van der Waals surface area contributed by atoms with Gasteiger partial charge in [-0.05, 0) is 58.4 Å². The summed E-state index contributed by atoms with van der Waals surface area (Å²) >= 11 is 5.56. The van der Waals surface area contributed by atoms with Crippen molar-refractivity contribution in [3.8, 4) is 0 Å². The zero-order chi connectivity index (χ0) is 27.0. The summed E-state index contributed by atoms with van der Waals surface area (Å²) in [5, 5.41) is 5.46. The zero-order valence-electron chi connectivity index (χ0n) is 21.2. The maximum atomic E-state index is 13.5. The Morgan fingerprint density at radius 1 is 0.769 bits per heavy atom. The van der Waals surface area contributed by atoms with Crippen LogP contribution in [-0.2, 0) is 10.0 Å². The number of piperazine rings is 1. The van der Waals surface area contributed by atoms with Crippen LogP contribution in [0.3, 0.4) is 0 Å². The number of carbonyl (C=O) groups excluding carboxylic acids is 1. The predicted molar refractivity (Wildman–Crippen MR) is 156 cm³/mol. The molecule has 0 spiro atoms. The van der Waals surface area contributed by atoms with Crippen molar-refractivity contribution in [3.63, 3.8) is 0 Å². The fourth-order valence-corrected chi connectivity index (χ4v) is 7.18. The third-order valence-corrected chi connectivity index (χ3v) is 9.34. The van der Waals surface area contributed by atoms with Crippen LogP contribution in [0.5, 0.6) is 0 Å². The Morgan fingerprint density at radius 3 is 2.05 bits per heavy atom. The van der Waals surface area contributed by atoms with Crippen molar-refractivity contribution >= 4 is 44.0 Å².